The van der Waals surface area contributed by atoms with E-state index in [1.807, 2.05) is 62.4 Å². The van der Waals surface area contributed by atoms with Gasteiger partial charge in [0.1, 0.15) is 11.8 Å². The SMILES string of the molecule is COc1ccc(C)cc1[C@H](C)NC(=O)[C@H](Cc1ccccc1)NC(N)=O. The molecule has 6 nitrogen and oxygen atoms in total. The highest BCUT2D eigenvalue weighted by Crippen LogP contribution is 2.26. The van der Waals surface area contributed by atoms with E-state index in [4.69, 9.17) is 10.5 Å². The molecule has 0 aromatic heterocycles. The smallest absolute Gasteiger partial charge is 0.312 e. The molecule has 2 aromatic rings. The van der Waals surface area contributed by atoms with Crippen LogP contribution >= 0.6 is 0 Å². The van der Waals surface area contributed by atoms with Gasteiger partial charge < -0.3 is 21.1 Å². The first-order chi connectivity index (χ1) is 12.4. The fraction of sp³-hybridized carbons (Fsp3) is 0.300. The van der Waals surface area contributed by atoms with Gasteiger partial charge in [-0.3, -0.25) is 4.79 Å². The third-order valence-corrected chi connectivity index (χ3v) is 4.13. The zero-order valence-electron chi connectivity index (χ0n) is 15.3. The molecule has 0 spiro atoms. The molecule has 138 valence electrons. The summed E-state index contributed by atoms with van der Waals surface area (Å²) in [4.78, 5) is 24.0. The maximum atomic E-state index is 12.7. The maximum Gasteiger partial charge on any atom is 0.312 e. The Hall–Kier alpha value is -3.02. The average Bonchev–Trinajstić information content (AvgIpc) is 2.61. The highest BCUT2D eigenvalue weighted by Gasteiger charge is 2.23. The Morgan fingerprint density at radius 1 is 1.12 bits per heavy atom. The third kappa shape index (κ3) is 5.24. The molecule has 6 heteroatoms. The number of nitrogens with one attached hydrogen (secondary N) is 2. The van der Waals surface area contributed by atoms with Gasteiger partial charge in [-0.2, -0.15) is 0 Å². The number of primary amides is 1. The number of carbonyl (C=O) groups is 2. The molecule has 2 atom stereocenters. The zero-order valence-corrected chi connectivity index (χ0v) is 15.3. The van der Waals surface area contributed by atoms with Gasteiger partial charge in [-0.25, -0.2) is 4.79 Å². The molecular formula is C20H25N3O3. The van der Waals surface area contributed by atoms with Crippen molar-refractivity contribution >= 4 is 11.9 Å². The molecule has 0 aliphatic heterocycles. The van der Waals surface area contributed by atoms with Crippen molar-refractivity contribution in [3.05, 3.63) is 65.2 Å². The number of benzene rings is 2. The van der Waals surface area contributed by atoms with E-state index in [0.717, 1.165) is 16.7 Å². The third-order valence-electron chi connectivity index (χ3n) is 4.13. The van der Waals surface area contributed by atoms with E-state index in [9.17, 15) is 9.59 Å². The Labute approximate surface area is 153 Å². The Kier molecular flexibility index (Phi) is 6.60. The second kappa shape index (κ2) is 8.89. The Morgan fingerprint density at radius 3 is 2.42 bits per heavy atom. The van der Waals surface area contributed by atoms with Gasteiger partial charge in [0.2, 0.25) is 5.91 Å². The van der Waals surface area contributed by atoms with Crippen molar-refractivity contribution in [3.8, 4) is 5.75 Å². The quantitative estimate of drug-likeness (QED) is 0.712. The van der Waals surface area contributed by atoms with Crippen LogP contribution in [0.25, 0.3) is 0 Å². The Morgan fingerprint density at radius 2 is 1.81 bits per heavy atom. The maximum absolute atomic E-state index is 12.7. The predicted octanol–water partition coefficient (Wildman–Crippen LogP) is 2.46. The minimum atomic E-state index is -0.756. The molecule has 0 aliphatic carbocycles. The number of ether oxygens (including phenoxy) is 1. The second-order valence-electron chi connectivity index (χ2n) is 6.23. The standard InChI is InChI=1S/C20H25N3O3/c1-13-9-10-18(26-3)16(11-13)14(2)22-19(24)17(23-20(21)25)12-15-7-5-4-6-8-15/h4-11,14,17H,12H2,1-3H3,(H,22,24)(H3,21,23,25)/t14-,17-/m0/s1. The summed E-state index contributed by atoms with van der Waals surface area (Å²) in [6, 6.07) is 13.5. The average molecular weight is 355 g/mol. The molecule has 3 amide bonds. The Balaban J connectivity index is 2.15. The topological polar surface area (TPSA) is 93.4 Å². The van der Waals surface area contributed by atoms with E-state index in [-0.39, 0.29) is 11.9 Å². The summed E-state index contributed by atoms with van der Waals surface area (Å²) >= 11 is 0. The van der Waals surface area contributed by atoms with Gasteiger partial charge in [-0.05, 0) is 25.5 Å². The molecule has 2 aromatic carbocycles. The van der Waals surface area contributed by atoms with Crippen LogP contribution in [0, 0.1) is 6.92 Å². The van der Waals surface area contributed by atoms with Gasteiger partial charge in [0, 0.05) is 12.0 Å². The first-order valence-electron chi connectivity index (χ1n) is 8.45. The first-order valence-corrected chi connectivity index (χ1v) is 8.45. The molecular weight excluding hydrogens is 330 g/mol. The van der Waals surface area contributed by atoms with Gasteiger partial charge in [0.15, 0.2) is 0 Å². The van der Waals surface area contributed by atoms with Crippen LogP contribution < -0.4 is 21.1 Å². The molecule has 0 unspecified atom stereocenters. The highest BCUT2D eigenvalue weighted by molar-refractivity contribution is 5.87. The molecule has 0 saturated carbocycles. The lowest BCUT2D eigenvalue weighted by molar-refractivity contribution is -0.123. The number of nitrogens with two attached hydrogens (primary N) is 1. The van der Waals surface area contributed by atoms with Crippen molar-refractivity contribution in [3.63, 3.8) is 0 Å². The Bertz CT molecular complexity index is 762. The lowest BCUT2D eigenvalue weighted by Crippen LogP contribution is -2.50. The fourth-order valence-electron chi connectivity index (χ4n) is 2.81. The van der Waals surface area contributed by atoms with Crippen molar-refractivity contribution in [2.45, 2.75) is 32.4 Å². The van der Waals surface area contributed by atoms with Crippen LogP contribution in [0.3, 0.4) is 0 Å². The summed E-state index contributed by atoms with van der Waals surface area (Å²) in [7, 11) is 1.59. The van der Waals surface area contributed by atoms with Crippen molar-refractivity contribution in [2.24, 2.45) is 5.73 Å². The number of amides is 3. The molecule has 0 aliphatic rings. The van der Waals surface area contributed by atoms with Gasteiger partial charge >= 0.3 is 6.03 Å². The van der Waals surface area contributed by atoms with Crippen LogP contribution in [0.1, 0.15) is 29.7 Å². The molecule has 0 radical (unpaired) electrons. The van der Waals surface area contributed by atoms with Gasteiger partial charge in [0.05, 0.1) is 13.2 Å². The number of hydrogen-bond donors (Lipinski definition) is 3. The number of carbonyl (C=O) groups excluding carboxylic acids is 2. The lowest BCUT2D eigenvalue weighted by atomic mass is 10.0. The number of hydrogen-bond acceptors (Lipinski definition) is 3. The van der Waals surface area contributed by atoms with E-state index < -0.39 is 12.1 Å². The zero-order chi connectivity index (χ0) is 19.1. The molecule has 0 saturated heterocycles. The number of aryl methyl sites for hydroxylation is 1. The molecule has 0 bridgehead atoms. The van der Waals surface area contributed by atoms with E-state index in [2.05, 4.69) is 10.6 Å². The fourth-order valence-corrected chi connectivity index (χ4v) is 2.81. The van der Waals surface area contributed by atoms with E-state index >= 15 is 0 Å². The van der Waals surface area contributed by atoms with Crippen molar-refractivity contribution in [1.29, 1.82) is 0 Å². The monoisotopic (exact) mass is 355 g/mol. The molecule has 0 heterocycles. The van der Waals surface area contributed by atoms with Crippen LogP contribution in [-0.2, 0) is 11.2 Å². The van der Waals surface area contributed by atoms with Crippen molar-refractivity contribution < 1.29 is 14.3 Å². The van der Waals surface area contributed by atoms with Crippen LogP contribution in [0.15, 0.2) is 48.5 Å². The molecule has 4 N–H and O–H groups in total. The molecule has 26 heavy (non-hydrogen) atoms. The summed E-state index contributed by atoms with van der Waals surface area (Å²) in [5, 5.41) is 5.46. The summed E-state index contributed by atoms with van der Waals surface area (Å²) < 4.78 is 5.38. The summed E-state index contributed by atoms with van der Waals surface area (Å²) in [6.45, 7) is 3.85. The normalized spacial score (nSPS) is 12.7. The summed E-state index contributed by atoms with van der Waals surface area (Å²) in [5.41, 5.74) is 8.12. The first kappa shape index (κ1) is 19.3. The van der Waals surface area contributed by atoms with Crippen molar-refractivity contribution in [1.82, 2.24) is 10.6 Å². The van der Waals surface area contributed by atoms with E-state index in [0.29, 0.717) is 12.2 Å². The van der Waals surface area contributed by atoms with Crippen LogP contribution in [0.4, 0.5) is 4.79 Å². The number of methoxy groups -OCH3 is 1. The summed E-state index contributed by atoms with van der Waals surface area (Å²) in [6.07, 6.45) is 0.354. The predicted molar refractivity (Wildman–Crippen MR) is 101 cm³/mol. The van der Waals surface area contributed by atoms with Crippen LogP contribution in [0.2, 0.25) is 0 Å². The molecule has 0 fully saturated rings. The second-order valence-corrected chi connectivity index (χ2v) is 6.23. The number of urea groups is 1. The largest absolute Gasteiger partial charge is 0.496 e. The van der Waals surface area contributed by atoms with Crippen LogP contribution in [-0.4, -0.2) is 25.1 Å². The van der Waals surface area contributed by atoms with E-state index in [1.54, 1.807) is 7.11 Å². The van der Waals surface area contributed by atoms with Crippen molar-refractivity contribution in [2.75, 3.05) is 7.11 Å². The number of rotatable bonds is 7. The van der Waals surface area contributed by atoms with Crippen LogP contribution in [0.5, 0.6) is 5.75 Å². The van der Waals surface area contributed by atoms with Gasteiger partial charge in [-0.15, -0.1) is 0 Å². The van der Waals surface area contributed by atoms with Gasteiger partial charge in [-0.1, -0.05) is 48.0 Å². The minimum Gasteiger partial charge on any atom is -0.496 e. The van der Waals surface area contributed by atoms with Gasteiger partial charge in [0.25, 0.3) is 0 Å². The lowest BCUT2D eigenvalue weighted by Gasteiger charge is -2.22. The minimum absolute atomic E-state index is 0.287. The molecule has 2 rings (SSSR count). The summed E-state index contributed by atoms with van der Waals surface area (Å²) in [5.74, 6) is 0.398. The van der Waals surface area contributed by atoms with E-state index in [1.165, 1.54) is 0 Å². The highest BCUT2D eigenvalue weighted by atomic mass is 16.5.